The SMILES string of the molecule is C=C(N[C@@H](C)c1ccc(-c2scnc2C)cc1)[C@@H]1C[C@@H](O)CN1C(=O)[C@@H](NC(=O)CN1CCN(CC2CCN(c3ncc(-c4cnc5[nH]cc(C(=O)c6c(F)ccc(NS(=O)(=O)N7CC[C@@H](F)C7)c6F)c5c4)cn3)CC2)CC1)C(C)(C)C. The van der Waals surface area contributed by atoms with E-state index in [9.17, 15) is 32.3 Å². The van der Waals surface area contributed by atoms with Crippen molar-refractivity contribution in [1.29, 1.82) is 0 Å². The second-order valence-electron chi connectivity index (χ2n) is 23.1. The number of aliphatic hydroxyl groups is 1. The number of piperazine rings is 1. The molecule has 6 aromatic rings. The molecule has 4 fully saturated rings. The van der Waals surface area contributed by atoms with Crippen LogP contribution in [-0.4, -0.2) is 171 Å². The highest BCUT2D eigenvalue weighted by atomic mass is 32.2. The maximum atomic E-state index is 15.8. The zero-order valence-corrected chi connectivity index (χ0v) is 48.3. The van der Waals surface area contributed by atoms with Crippen LogP contribution in [0.25, 0.3) is 32.6 Å². The number of nitrogens with one attached hydrogen (secondary N) is 4. The molecule has 0 radical (unpaired) electrons. The second kappa shape index (κ2) is 24.2. The molecule has 0 unspecified atom stereocenters. The summed E-state index contributed by atoms with van der Waals surface area (Å²) >= 11 is 1.61. The summed E-state index contributed by atoms with van der Waals surface area (Å²) in [5.41, 5.74) is 4.74. The Hall–Kier alpha value is -6.83. The van der Waals surface area contributed by atoms with Crippen LogP contribution in [0, 0.1) is 29.9 Å². The number of fused-ring (bicyclic) bond motifs is 1. The number of carbonyl (C=O) groups is 3. The summed E-state index contributed by atoms with van der Waals surface area (Å²) in [6.45, 7) is 19.5. The van der Waals surface area contributed by atoms with E-state index in [1.165, 1.54) is 6.20 Å². The predicted octanol–water partition coefficient (Wildman–Crippen LogP) is 6.85. The number of hydrogen-bond acceptors (Lipinski definition) is 15. The van der Waals surface area contributed by atoms with Crippen molar-refractivity contribution in [2.24, 2.45) is 11.3 Å². The van der Waals surface area contributed by atoms with E-state index in [4.69, 9.17) is 0 Å². The Morgan fingerprint density at radius 3 is 2.23 bits per heavy atom. The molecular formula is C58H70F3N13O6S2. The maximum Gasteiger partial charge on any atom is 0.301 e. The van der Waals surface area contributed by atoms with Gasteiger partial charge in [0.2, 0.25) is 23.5 Å². The molecular weight excluding hydrogens is 1100 g/mol. The number of benzene rings is 2. The molecule has 19 nitrogen and oxygen atoms in total. The number of H-pyrrole nitrogens is 1. The van der Waals surface area contributed by atoms with E-state index >= 15 is 8.78 Å². The third-order valence-electron chi connectivity index (χ3n) is 16.2. The van der Waals surface area contributed by atoms with Gasteiger partial charge in [-0.25, -0.2) is 33.1 Å². The van der Waals surface area contributed by atoms with Gasteiger partial charge in [0.25, 0.3) is 0 Å². The van der Waals surface area contributed by atoms with Crippen LogP contribution in [-0.2, 0) is 19.8 Å². The van der Waals surface area contributed by atoms with Gasteiger partial charge in [-0.15, -0.1) is 11.3 Å². The first-order valence-electron chi connectivity index (χ1n) is 27.8. The molecule has 8 heterocycles. The molecule has 436 valence electrons. The number of nitrogens with zero attached hydrogens (tertiary/aromatic N) is 9. The average Bonchev–Trinajstić information content (AvgIpc) is 4.14. The second-order valence-corrected chi connectivity index (χ2v) is 25.6. The fourth-order valence-corrected chi connectivity index (χ4v) is 13.5. The molecule has 0 saturated carbocycles. The number of aromatic amines is 1. The fraction of sp³-hybridized carbons (Fsp3) is 0.466. The fourth-order valence-electron chi connectivity index (χ4n) is 11.4. The van der Waals surface area contributed by atoms with Gasteiger partial charge in [0.1, 0.15) is 23.7 Å². The van der Waals surface area contributed by atoms with Gasteiger partial charge in [-0.2, -0.15) is 12.7 Å². The lowest BCUT2D eigenvalue weighted by molar-refractivity contribution is -0.140. The van der Waals surface area contributed by atoms with Gasteiger partial charge in [-0.05, 0) is 73.8 Å². The summed E-state index contributed by atoms with van der Waals surface area (Å²) in [5.74, 6) is -3.08. The van der Waals surface area contributed by atoms with Crippen LogP contribution < -0.4 is 20.3 Å². The summed E-state index contributed by atoms with van der Waals surface area (Å²) in [4.78, 5) is 72.5. The minimum absolute atomic E-state index is 0.00969. The highest BCUT2D eigenvalue weighted by Crippen LogP contribution is 2.34. The standard InChI is InChI=1S/C58H70F3N13O6S2/c1-34(38-7-9-39(10-8-38)53-36(3)66-33-81-53)67-35(2)48-24-43(75)31-74(48)56(78)54(58(4,5)6)68-49(76)32-71-21-19-70(20-22-71)29-37-13-16-72(17-14-37)57-64-26-41(27-65-57)40-23-44-45(28-63-55(44)62-25-40)52(77)50-46(60)11-12-47(51(50)61)69-82(79,80)73-18-15-42(59)30-73/h7-12,23,25-28,33-34,37,42-43,48,54,67,69,75H,2,13-22,24,29-32H2,1,3-6H3,(H,62,63)(H,68,76)/t34-,42+,43+,48-,54+/m0/s1. The zero-order chi connectivity index (χ0) is 58.2. The van der Waals surface area contributed by atoms with E-state index in [0.717, 1.165) is 83.7 Å². The molecule has 5 N–H and O–H groups in total. The van der Waals surface area contributed by atoms with Crippen molar-refractivity contribution in [1.82, 2.24) is 54.6 Å². The number of ketones is 1. The van der Waals surface area contributed by atoms with Crippen molar-refractivity contribution in [2.75, 3.05) is 81.6 Å². The lowest BCUT2D eigenvalue weighted by Crippen LogP contribution is -2.58. The number of alkyl halides is 1. The predicted molar refractivity (Wildman–Crippen MR) is 309 cm³/mol. The van der Waals surface area contributed by atoms with Crippen LogP contribution in [0.1, 0.15) is 86.6 Å². The lowest BCUT2D eigenvalue weighted by atomic mass is 9.85. The summed E-state index contributed by atoms with van der Waals surface area (Å²) < 4.78 is 73.4. The average molecular weight is 1170 g/mol. The zero-order valence-electron chi connectivity index (χ0n) is 46.7. The van der Waals surface area contributed by atoms with Crippen molar-refractivity contribution < 1.29 is 41.1 Å². The van der Waals surface area contributed by atoms with E-state index < -0.39 is 75.2 Å². The first-order valence-corrected chi connectivity index (χ1v) is 30.1. The minimum atomic E-state index is -4.38. The first kappa shape index (κ1) is 58.4. The van der Waals surface area contributed by atoms with Crippen molar-refractivity contribution in [2.45, 2.75) is 90.7 Å². The number of likely N-dealkylation sites (tertiary alicyclic amines) is 1. The normalized spacial score (nSPS) is 20.5. The minimum Gasteiger partial charge on any atom is -0.391 e. The van der Waals surface area contributed by atoms with Crippen LogP contribution in [0.4, 0.5) is 24.8 Å². The van der Waals surface area contributed by atoms with Gasteiger partial charge < -0.3 is 35.4 Å². The van der Waals surface area contributed by atoms with Crippen molar-refractivity contribution in [3.63, 3.8) is 0 Å². The third-order valence-corrected chi connectivity index (χ3v) is 18.7. The highest BCUT2D eigenvalue weighted by Gasteiger charge is 2.43. The van der Waals surface area contributed by atoms with Gasteiger partial charge in [0.05, 0.1) is 46.0 Å². The van der Waals surface area contributed by atoms with Gasteiger partial charge in [-0.3, -0.25) is 24.0 Å². The van der Waals surface area contributed by atoms with Crippen molar-refractivity contribution in [3.8, 4) is 21.6 Å². The topological polar surface area (TPSA) is 225 Å². The van der Waals surface area contributed by atoms with Crippen LogP contribution in [0.2, 0.25) is 0 Å². The Morgan fingerprint density at radius 2 is 1.57 bits per heavy atom. The van der Waals surface area contributed by atoms with Gasteiger partial charge in [0.15, 0.2) is 5.82 Å². The monoisotopic (exact) mass is 1170 g/mol. The van der Waals surface area contributed by atoms with Gasteiger partial charge >= 0.3 is 10.2 Å². The number of carbonyl (C=O) groups excluding carboxylic acids is 3. The Bertz CT molecular complexity index is 3430. The molecule has 0 spiro atoms. The third kappa shape index (κ3) is 12.9. The molecule has 2 aromatic carbocycles. The van der Waals surface area contributed by atoms with Crippen molar-refractivity contribution >= 4 is 61.8 Å². The summed E-state index contributed by atoms with van der Waals surface area (Å²) in [6.07, 6.45) is 6.29. The van der Waals surface area contributed by atoms with Crippen LogP contribution in [0.5, 0.6) is 0 Å². The van der Waals surface area contributed by atoms with Crippen LogP contribution in [0.15, 0.2) is 85.0 Å². The molecule has 24 heteroatoms. The Morgan fingerprint density at radius 1 is 0.878 bits per heavy atom. The van der Waals surface area contributed by atoms with Crippen molar-refractivity contribution in [3.05, 3.63) is 119 Å². The van der Waals surface area contributed by atoms with Crippen LogP contribution in [0.3, 0.4) is 0 Å². The van der Waals surface area contributed by atoms with E-state index in [0.29, 0.717) is 48.2 Å². The Kier molecular flexibility index (Phi) is 17.2. The molecule has 82 heavy (non-hydrogen) atoms. The molecule has 0 bridgehead atoms. The first-order chi connectivity index (χ1) is 39.1. The number of anilines is 2. The van der Waals surface area contributed by atoms with E-state index in [1.54, 1.807) is 40.9 Å². The van der Waals surface area contributed by atoms with E-state index in [2.05, 4.69) is 81.1 Å². The number of aliphatic hydroxyl groups excluding tert-OH is 1. The van der Waals surface area contributed by atoms with Gasteiger partial charge in [0, 0.05) is 130 Å². The lowest BCUT2D eigenvalue weighted by Gasteiger charge is -2.39. The molecule has 2 amide bonds. The number of pyridine rings is 1. The maximum absolute atomic E-state index is 15.8. The van der Waals surface area contributed by atoms with Crippen LogP contribution >= 0.6 is 11.3 Å². The molecule has 4 aromatic heterocycles. The molecule has 5 atom stereocenters. The number of amides is 2. The number of hydrogen-bond donors (Lipinski definition) is 5. The largest absolute Gasteiger partial charge is 0.391 e. The number of thiazole rings is 1. The quantitative estimate of drug-likeness (QED) is 0.0555. The number of halogens is 3. The molecule has 10 rings (SSSR count). The number of rotatable bonds is 18. The smallest absolute Gasteiger partial charge is 0.301 e. The number of aryl methyl sites for hydroxylation is 1. The summed E-state index contributed by atoms with van der Waals surface area (Å²) in [6, 6.07) is 10.2. The Balaban J connectivity index is 0.682. The Labute approximate surface area is 479 Å². The van der Waals surface area contributed by atoms with Gasteiger partial charge in [-0.1, -0.05) is 51.6 Å². The number of piperidine rings is 1. The summed E-state index contributed by atoms with van der Waals surface area (Å²) in [7, 11) is -4.38. The number of aromatic nitrogens is 5. The molecule has 0 aliphatic carbocycles. The molecule has 4 aliphatic heterocycles. The molecule has 4 aliphatic rings. The number of β-amino-alcohol motifs (C(OH)–C–C–N with tert-alkyl or cyclic N) is 1. The van der Waals surface area contributed by atoms with E-state index in [1.807, 2.05) is 44.9 Å². The summed E-state index contributed by atoms with van der Waals surface area (Å²) in [5, 5.41) is 17.7. The molecule has 4 saturated heterocycles. The van der Waals surface area contributed by atoms with E-state index in [-0.39, 0.29) is 60.5 Å². The highest BCUT2D eigenvalue weighted by molar-refractivity contribution is 7.90.